The lowest BCUT2D eigenvalue weighted by Gasteiger charge is -2.14. The SMILES string of the molecule is Cc1ccc(C(=O)c2oc3ccccc3c2NC2OC(=O)c3ccccc32)cc1. The van der Waals surface area contributed by atoms with Crippen LogP contribution in [0.15, 0.2) is 77.2 Å². The summed E-state index contributed by atoms with van der Waals surface area (Å²) in [6.07, 6.45) is -0.690. The highest BCUT2D eigenvalue weighted by Crippen LogP contribution is 2.38. The summed E-state index contributed by atoms with van der Waals surface area (Å²) < 4.78 is 11.4. The second-order valence-electron chi connectivity index (χ2n) is 7.01. The number of hydrogen-bond acceptors (Lipinski definition) is 5. The molecule has 4 aromatic rings. The van der Waals surface area contributed by atoms with Crippen LogP contribution in [-0.4, -0.2) is 11.8 Å². The van der Waals surface area contributed by atoms with Gasteiger partial charge in [-0.3, -0.25) is 4.79 Å². The zero-order valence-corrected chi connectivity index (χ0v) is 15.6. The molecular weight excluding hydrogens is 366 g/mol. The second kappa shape index (κ2) is 6.63. The van der Waals surface area contributed by atoms with E-state index in [0.717, 1.165) is 16.5 Å². The highest BCUT2D eigenvalue weighted by molar-refractivity contribution is 6.15. The number of furan rings is 1. The Hall–Kier alpha value is -3.86. The van der Waals surface area contributed by atoms with Crippen molar-refractivity contribution >= 4 is 28.4 Å². The van der Waals surface area contributed by atoms with Crippen LogP contribution in [0.1, 0.15) is 43.8 Å². The first kappa shape index (κ1) is 17.3. The molecule has 0 spiro atoms. The average Bonchev–Trinajstić information content (AvgIpc) is 3.27. The average molecular weight is 383 g/mol. The quantitative estimate of drug-likeness (QED) is 0.385. The summed E-state index contributed by atoms with van der Waals surface area (Å²) in [5, 5.41) is 3.98. The van der Waals surface area contributed by atoms with E-state index in [0.29, 0.717) is 22.4 Å². The van der Waals surface area contributed by atoms with E-state index in [4.69, 9.17) is 9.15 Å². The molecule has 0 fully saturated rings. The first-order valence-electron chi connectivity index (χ1n) is 9.31. The first-order valence-corrected chi connectivity index (χ1v) is 9.31. The number of aryl methyl sites for hydroxylation is 1. The van der Waals surface area contributed by atoms with E-state index in [-0.39, 0.29) is 11.5 Å². The fourth-order valence-corrected chi connectivity index (χ4v) is 3.57. The van der Waals surface area contributed by atoms with Gasteiger partial charge in [0.05, 0.1) is 11.3 Å². The van der Waals surface area contributed by atoms with Crippen LogP contribution in [0, 0.1) is 6.92 Å². The van der Waals surface area contributed by atoms with Gasteiger partial charge in [-0.25, -0.2) is 4.79 Å². The Morgan fingerprint density at radius 3 is 2.48 bits per heavy atom. The summed E-state index contributed by atoms with van der Waals surface area (Å²) in [5.41, 5.74) is 3.95. The lowest BCUT2D eigenvalue weighted by Crippen LogP contribution is -2.13. The third kappa shape index (κ3) is 2.88. The molecule has 142 valence electrons. The number of benzene rings is 3. The smallest absolute Gasteiger partial charge is 0.340 e. The molecule has 0 amide bonds. The summed E-state index contributed by atoms with van der Waals surface area (Å²) >= 11 is 0. The fraction of sp³-hybridized carbons (Fsp3) is 0.0833. The van der Waals surface area contributed by atoms with Crippen molar-refractivity contribution < 1.29 is 18.7 Å². The molecular formula is C24H17NO4. The predicted molar refractivity (Wildman–Crippen MR) is 109 cm³/mol. The van der Waals surface area contributed by atoms with Crippen molar-refractivity contribution in [2.45, 2.75) is 13.2 Å². The van der Waals surface area contributed by atoms with Gasteiger partial charge in [0, 0.05) is 16.5 Å². The Bertz CT molecular complexity index is 1250. The van der Waals surface area contributed by atoms with E-state index in [1.807, 2.05) is 49.4 Å². The van der Waals surface area contributed by atoms with Crippen LogP contribution in [0.5, 0.6) is 0 Å². The molecule has 0 aliphatic carbocycles. The number of carbonyl (C=O) groups excluding carboxylic acids is 2. The largest absolute Gasteiger partial charge is 0.450 e. The number of cyclic esters (lactones) is 1. The van der Waals surface area contributed by atoms with Crippen LogP contribution < -0.4 is 5.32 Å². The Labute approximate surface area is 166 Å². The summed E-state index contributed by atoms with van der Waals surface area (Å²) in [5.74, 6) is -0.436. The van der Waals surface area contributed by atoms with Gasteiger partial charge in [0.1, 0.15) is 5.58 Å². The Morgan fingerprint density at radius 1 is 0.931 bits per heavy atom. The number of hydrogen-bond donors (Lipinski definition) is 1. The normalized spacial score (nSPS) is 15.2. The van der Waals surface area contributed by atoms with Crippen LogP contribution in [0.4, 0.5) is 5.69 Å². The molecule has 0 bridgehead atoms. The van der Waals surface area contributed by atoms with Gasteiger partial charge in [-0.05, 0) is 25.1 Å². The van der Waals surface area contributed by atoms with Gasteiger partial charge in [-0.2, -0.15) is 0 Å². The van der Waals surface area contributed by atoms with Crippen molar-refractivity contribution in [2.24, 2.45) is 0 Å². The molecule has 0 saturated carbocycles. The molecule has 3 aromatic carbocycles. The third-order valence-electron chi connectivity index (χ3n) is 5.08. The first-order chi connectivity index (χ1) is 14.1. The molecule has 5 heteroatoms. The van der Waals surface area contributed by atoms with E-state index in [1.165, 1.54) is 0 Å². The minimum Gasteiger partial charge on any atom is -0.450 e. The van der Waals surface area contributed by atoms with Crippen LogP contribution in [0.25, 0.3) is 11.0 Å². The maximum atomic E-state index is 13.2. The number of rotatable bonds is 4. The molecule has 1 unspecified atom stereocenters. The number of carbonyl (C=O) groups is 2. The number of ketones is 1. The number of para-hydroxylation sites is 1. The van der Waals surface area contributed by atoms with Gasteiger partial charge in [0.2, 0.25) is 12.0 Å². The van der Waals surface area contributed by atoms with Crippen molar-refractivity contribution in [3.05, 3.63) is 101 Å². The standard InChI is InChI=1S/C24H17NO4/c1-14-10-12-15(13-11-14)21(26)22-20(18-8-4-5-9-19(18)28-22)25-23-16-6-2-3-7-17(16)24(27)29-23/h2-13,23,25H,1H3. The zero-order chi connectivity index (χ0) is 20.0. The molecule has 1 aliphatic heterocycles. The predicted octanol–water partition coefficient (Wildman–Crippen LogP) is 5.25. The van der Waals surface area contributed by atoms with Gasteiger partial charge < -0.3 is 14.5 Å². The van der Waals surface area contributed by atoms with E-state index < -0.39 is 12.2 Å². The van der Waals surface area contributed by atoms with Crippen molar-refractivity contribution in [2.75, 3.05) is 5.32 Å². The molecule has 1 aliphatic rings. The Morgan fingerprint density at radius 2 is 1.66 bits per heavy atom. The molecule has 2 heterocycles. The molecule has 5 nitrogen and oxygen atoms in total. The molecule has 1 aromatic heterocycles. The second-order valence-corrected chi connectivity index (χ2v) is 7.01. The molecule has 0 radical (unpaired) electrons. The van der Waals surface area contributed by atoms with Gasteiger partial charge in [-0.15, -0.1) is 0 Å². The van der Waals surface area contributed by atoms with Crippen LogP contribution in [-0.2, 0) is 4.74 Å². The maximum absolute atomic E-state index is 13.2. The minimum atomic E-state index is -0.690. The number of esters is 1. The van der Waals surface area contributed by atoms with E-state index in [2.05, 4.69) is 5.32 Å². The summed E-state index contributed by atoms with van der Waals surface area (Å²) in [6.45, 7) is 1.97. The highest BCUT2D eigenvalue weighted by Gasteiger charge is 2.33. The van der Waals surface area contributed by atoms with Gasteiger partial charge >= 0.3 is 5.97 Å². The summed E-state index contributed by atoms with van der Waals surface area (Å²) in [7, 11) is 0. The molecule has 0 saturated heterocycles. The maximum Gasteiger partial charge on any atom is 0.340 e. The fourth-order valence-electron chi connectivity index (χ4n) is 3.57. The molecule has 29 heavy (non-hydrogen) atoms. The third-order valence-corrected chi connectivity index (χ3v) is 5.08. The summed E-state index contributed by atoms with van der Waals surface area (Å²) in [6, 6.07) is 21.9. The topological polar surface area (TPSA) is 68.5 Å². The monoisotopic (exact) mass is 383 g/mol. The number of anilines is 1. The molecule has 1 N–H and O–H groups in total. The lowest BCUT2D eigenvalue weighted by atomic mass is 10.0. The molecule has 1 atom stereocenters. The van der Waals surface area contributed by atoms with Gasteiger partial charge in [-0.1, -0.05) is 60.2 Å². The van der Waals surface area contributed by atoms with Crippen LogP contribution in [0.2, 0.25) is 0 Å². The Balaban J connectivity index is 1.60. The van der Waals surface area contributed by atoms with Gasteiger partial charge in [0.15, 0.2) is 5.76 Å². The lowest BCUT2D eigenvalue weighted by molar-refractivity contribution is 0.0437. The van der Waals surface area contributed by atoms with Crippen molar-refractivity contribution in [3.8, 4) is 0 Å². The Kier molecular flexibility index (Phi) is 3.95. The van der Waals surface area contributed by atoms with E-state index in [1.54, 1.807) is 30.3 Å². The van der Waals surface area contributed by atoms with E-state index in [9.17, 15) is 9.59 Å². The van der Waals surface area contributed by atoms with Crippen LogP contribution in [0.3, 0.4) is 0 Å². The van der Waals surface area contributed by atoms with E-state index >= 15 is 0 Å². The zero-order valence-electron chi connectivity index (χ0n) is 15.6. The number of nitrogens with one attached hydrogen (secondary N) is 1. The van der Waals surface area contributed by atoms with Gasteiger partial charge in [0.25, 0.3) is 0 Å². The number of ether oxygens (including phenoxy) is 1. The number of fused-ring (bicyclic) bond motifs is 2. The summed E-state index contributed by atoms with van der Waals surface area (Å²) in [4.78, 5) is 25.4. The van der Waals surface area contributed by atoms with Crippen molar-refractivity contribution in [1.82, 2.24) is 0 Å². The van der Waals surface area contributed by atoms with Crippen molar-refractivity contribution in [3.63, 3.8) is 0 Å². The van der Waals surface area contributed by atoms with Crippen LogP contribution >= 0.6 is 0 Å². The molecule has 5 rings (SSSR count). The minimum absolute atomic E-state index is 0.190. The van der Waals surface area contributed by atoms with Crippen molar-refractivity contribution in [1.29, 1.82) is 0 Å². The highest BCUT2D eigenvalue weighted by atomic mass is 16.6.